The van der Waals surface area contributed by atoms with Gasteiger partial charge in [0.05, 0.1) is 0 Å². The molecule has 0 atom stereocenters. The van der Waals surface area contributed by atoms with Gasteiger partial charge >= 0.3 is 0 Å². The highest BCUT2D eigenvalue weighted by molar-refractivity contribution is 6.07. The molecule has 2 aromatic carbocycles. The molecule has 6 rings (SSSR count). The van der Waals surface area contributed by atoms with E-state index in [4.69, 9.17) is 21.5 Å². The van der Waals surface area contributed by atoms with Crippen LogP contribution in [0.15, 0.2) is 68.5 Å². The Labute approximate surface area is 260 Å². The van der Waals surface area contributed by atoms with Crippen molar-refractivity contribution in [1.29, 1.82) is 0 Å². The van der Waals surface area contributed by atoms with Crippen LogP contribution in [0.25, 0.3) is 0 Å². The fourth-order valence-electron chi connectivity index (χ4n) is 6.14. The third-order valence-electron chi connectivity index (χ3n) is 8.23. The molecule has 0 radical (unpaired) electrons. The Morgan fingerprint density at radius 2 is 0.905 bits per heavy atom. The Morgan fingerprint density at radius 3 is 1.26 bits per heavy atom. The first-order valence-electron chi connectivity index (χ1n) is 14.6. The Hall–Kier alpha value is -3.50. The lowest BCUT2D eigenvalue weighted by atomic mass is 9.90. The van der Waals surface area contributed by atoms with E-state index in [1.807, 2.05) is 0 Å². The maximum atomic E-state index is 6.09. The van der Waals surface area contributed by atoms with Gasteiger partial charge in [-0.2, -0.15) is 0 Å². The van der Waals surface area contributed by atoms with Gasteiger partial charge in [-0.3, -0.25) is 10.6 Å². The largest absolute Gasteiger partial charge is 0.370 e. The summed E-state index contributed by atoms with van der Waals surface area (Å²) in [6, 6.07) is 17.0. The Bertz CT molecular complexity index is 1220. The van der Waals surface area contributed by atoms with E-state index in [-0.39, 0.29) is 24.8 Å². The summed E-state index contributed by atoms with van der Waals surface area (Å²) in [4.78, 5) is 19.0. The minimum absolute atomic E-state index is 0. The second-order valence-electron chi connectivity index (χ2n) is 11.4. The van der Waals surface area contributed by atoms with Crippen LogP contribution in [0.2, 0.25) is 0 Å². The first kappa shape index (κ1) is 31.4. The van der Waals surface area contributed by atoms with Crippen molar-refractivity contribution in [2.24, 2.45) is 31.4 Å². The van der Waals surface area contributed by atoms with Gasteiger partial charge in [-0.1, -0.05) is 37.1 Å². The number of hydrogen-bond donors (Lipinski definition) is 6. The molecule has 10 nitrogen and oxygen atoms in total. The van der Waals surface area contributed by atoms with E-state index in [9.17, 15) is 0 Å². The Balaban J connectivity index is 0.00000202. The average molecular weight is 614 g/mol. The summed E-state index contributed by atoms with van der Waals surface area (Å²) in [6.45, 7) is 0. The molecule has 2 aromatic rings. The van der Waals surface area contributed by atoms with Gasteiger partial charge in [0, 0.05) is 11.4 Å². The van der Waals surface area contributed by atoms with E-state index in [0.717, 1.165) is 75.6 Å². The van der Waals surface area contributed by atoms with Crippen LogP contribution in [-0.2, 0) is 12.8 Å². The van der Waals surface area contributed by atoms with E-state index in [2.05, 4.69) is 79.8 Å². The van der Waals surface area contributed by atoms with E-state index < -0.39 is 11.3 Å². The maximum Gasteiger partial charge on any atom is 0.205 e. The predicted molar refractivity (Wildman–Crippen MR) is 178 cm³/mol. The molecular weight excluding hydrogens is 571 g/mol. The second-order valence-corrected chi connectivity index (χ2v) is 11.4. The van der Waals surface area contributed by atoms with Crippen LogP contribution in [0.5, 0.6) is 0 Å². The van der Waals surface area contributed by atoms with E-state index in [1.165, 1.54) is 24.0 Å². The number of nitrogens with one attached hydrogen (secondary N) is 4. The summed E-state index contributed by atoms with van der Waals surface area (Å²) < 4.78 is 0. The molecule has 4 aliphatic rings. The smallest absolute Gasteiger partial charge is 0.205 e. The molecule has 2 aliphatic heterocycles. The molecule has 8 N–H and O–H groups in total. The number of guanidine groups is 4. The highest BCUT2D eigenvalue weighted by Gasteiger charge is 2.35. The van der Waals surface area contributed by atoms with E-state index in [1.54, 1.807) is 0 Å². The fraction of sp³-hybridized carbons (Fsp3) is 0.467. The van der Waals surface area contributed by atoms with Crippen LogP contribution >= 0.6 is 24.8 Å². The standard InChI is InChI=1S/C30H40N10.2ClH/c31-25-35-27(39-29(37-25)17-3-1-4-18-29)33-23-13-9-21(10-14-23)7-8-22-11-15-24(16-12-22)34-28-36-26(32)38-30(40-28)19-5-2-6-20-30;;/h9-16H,1-8,17-20H2,(H4,31,33,35,37,39)(H4,32,34,36,38,40);2*1H. The summed E-state index contributed by atoms with van der Waals surface area (Å²) in [7, 11) is 0. The van der Waals surface area contributed by atoms with E-state index in [0.29, 0.717) is 23.8 Å². The molecule has 42 heavy (non-hydrogen) atoms. The molecule has 12 heteroatoms. The molecule has 0 saturated heterocycles. The molecule has 0 bridgehead atoms. The van der Waals surface area contributed by atoms with Crippen molar-refractivity contribution in [2.45, 2.75) is 88.4 Å². The summed E-state index contributed by atoms with van der Waals surface area (Å²) in [6.07, 6.45) is 12.8. The van der Waals surface area contributed by atoms with Gasteiger partial charge in [0.1, 0.15) is 0 Å². The number of anilines is 2. The van der Waals surface area contributed by atoms with Gasteiger partial charge < -0.3 is 22.1 Å². The molecule has 2 fully saturated rings. The number of aryl methyl sites for hydroxylation is 2. The van der Waals surface area contributed by atoms with Crippen molar-refractivity contribution in [3.8, 4) is 0 Å². The van der Waals surface area contributed by atoms with Crippen molar-refractivity contribution >= 4 is 60.0 Å². The number of rotatable bonds is 5. The van der Waals surface area contributed by atoms with Crippen molar-refractivity contribution in [2.75, 3.05) is 10.6 Å². The highest BCUT2D eigenvalue weighted by atomic mass is 35.5. The summed E-state index contributed by atoms with van der Waals surface area (Å²) in [5, 5.41) is 12.9. The first-order chi connectivity index (χ1) is 19.5. The quantitative estimate of drug-likeness (QED) is 0.279. The number of aliphatic imine (C=N–C) groups is 4. The molecular formula is C30H42Cl2N10. The average Bonchev–Trinajstić information content (AvgIpc) is 2.93. The Morgan fingerprint density at radius 1 is 0.548 bits per heavy atom. The number of hydrogen-bond acceptors (Lipinski definition) is 10. The second kappa shape index (κ2) is 13.6. The van der Waals surface area contributed by atoms with Gasteiger partial charge in [0.2, 0.25) is 11.9 Å². The van der Waals surface area contributed by atoms with Gasteiger partial charge in [-0.05, 0) is 99.6 Å². The number of nitrogens with two attached hydrogens (primary N) is 2. The molecule has 226 valence electrons. The molecule has 0 amide bonds. The topological polar surface area (TPSA) is 150 Å². The van der Waals surface area contributed by atoms with Crippen LogP contribution in [0.4, 0.5) is 11.4 Å². The zero-order chi connectivity index (χ0) is 27.4. The van der Waals surface area contributed by atoms with Crippen LogP contribution < -0.4 is 32.7 Å². The van der Waals surface area contributed by atoms with Crippen molar-refractivity contribution in [3.63, 3.8) is 0 Å². The Kier molecular flexibility index (Phi) is 10.2. The molecule has 2 saturated carbocycles. The van der Waals surface area contributed by atoms with Crippen LogP contribution in [0.3, 0.4) is 0 Å². The molecule has 2 heterocycles. The zero-order valence-electron chi connectivity index (χ0n) is 23.9. The van der Waals surface area contributed by atoms with Gasteiger partial charge in [-0.25, -0.2) is 20.0 Å². The summed E-state index contributed by atoms with van der Waals surface area (Å²) in [5.74, 6) is 2.22. The fourth-order valence-corrected chi connectivity index (χ4v) is 6.14. The summed E-state index contributed by atoms with van der Waals surface area (Å²) >= 11 is 0. The molecule has 2 spiro atoms. The minimum atomic E-state index is -0.402. The predicted octanol–water partition coefficient (Wildman–Crippen LogP) is 5.01. The number of nitrogens with zero attached hydrogens (tertiary/aromatic N) is 4. The first-order valence-corrected chi connectivity index (χ1v) is 14.6. The maximum absolute atomic E-state index is 6.09. The van der Waals surface area contributed by atoms with Gasteiger partial charge in [0.25, 0.3) is 0 Å². The van der Waals surface area contributed by atoms with Crippen molar-refractivity contribution < 1.29 is 0 Å². The van der Waals surface area contributed by atoms with Gasteiger partial charge in [-0.15, -0.1) is 24.8 Å². The lowest BCUT2D eigenvalue weighted by Crippen LogP contribution is -2.49. The van der Waals surface area contributed by atoms with Crippen molar-refractivity contribution in [1.82, 2.24) is 10.6 Å². The van der Waals surface area contributed by atoms with Crippen LogP contribution in [0.1, 0.15) is 75.3 Å². The molecule has 2 aliphatic carbocycles. The van der Waals surface area contributed by atoms with E-state index >= 15 is 0 Å². The third kappa shape index (κ3) is 7.66. The third-order valence-corrected chi connectivity index (χ3v) is 8.23. The highest BCUT2D eigenvalue weighted by Crippen LogP contribution is 2.35. The molecule has 0 unspecified atom stereocenters. The van der Waals surface area contributed by atoms with Crippen LogP contribution in [0, 0.1) is 0 Å². The van der Waals surface area contributed by atoms with Crippen molar-refractivity contribution in [3.05, 3.63) is 59.7 Å². The zero-order valence-corrected chi connectivity index (χ0v) is 25.5. The van der Waals surface area contributed by atoms with Crippen LogP contribution in [-0.4, -0.2) is 35.2 Å². The molecule has 0 aromatic heterocycles. The minimum Gasteiger partial charge on any atom is -0.370 e. The number of halogens is 2. The summed E-state index contributed by atoms with van der Waals surface area (Å²) in [5.41, 5.74) is 15.9. The SMILES string of the molecule is Cl.Cl.NC1=NC2(CCCCC2)N=C(Nc2ccc(CCc3ccc(NC4=NC5(CCCCC5)N=C(N)N4)cc3)cc2)N1. The van der Waals surface area contributed by atoms with Gasteiger partial charge in [0.15, 0.2) is 23.2 Å². The number of benzene rings is 2. The normalized spacial score (nSPS) is 20.3. The lowest BCUT2D eigenvalue weighted by Gasteiger charge is -2.34. The monoisotopic (exact) mass is 612 g/mol. The lowest BCUT2D eigenvalue weighted by molar-refractivity contribution is 0.307.